The molecule has 4 rings (SSSR count). The number of aromatic amines is 1. The Bertz CT molecular complexity index is 977. The maximum atomic E-state index is 11.8. The molecule has 7 nitrogen and oxygen atoms in total. The van der Waals surface area contributed by atoms with Gasteiger partial charge in [0, 0.05) is 28.8 Å². The molecule has 0 spiro atoms. The molecule has 27 heavy (non-hydrogen) atoms. The molecule has 0 atom stereocenters. The highest BCUT2D eigenvalue weighted by atomic mass is 16.3. The van der Waals surface area contributed by atoms with Crippen molar-refractivity contribution in [2.45, 2.75) is 12.5 Å². The summed E-state index contributed by atoms with van der Waals surface area (Å²) in [4.78, 5) is 12.9. The number of carbonyl (C=O) groups is 1. The fraction of sp³-hybridized carbons (Fsp3) is 0.200. The minimum atomic E-state index is -0.780. The van der Waals surface area contributed by atoms with E-state index >= 15 is 0 Å². The Labute approximate surface area is 156 Å². The summed E-state index contributed by atoms with van der Waals surface area (Å²) < 4.78 is 0. The van der Waals surface area contributed by atoms with Crippen LogP contribution in [0.15, 0.2) is 48.5 Å². The van der Waals surface area contributed by atoms with Gasteiger partial charge in [0.05, 0.1) is 30.6 Å². The molecule has 1 aliphatic carbocycles. The lowest BCUT2D eigenvalue weighted by atomic mass is 10.0. The molecule has 2 amide bonds. The van der Waals surface area contributed by atoms with Gasteiger partial charge in [-0.05, 0) is 17.7 Å². The second-order valence-corrected chi connectivity index (χ2v) is 6.53. The number of amides is 2. The van der Waals surface area contributed by atoms with Crippen LogP contribution < -0.4 is 10.6 Å². The second kappa shape index (κ2) is 6.86. The zero-order valence-corrected chi connectivity index (χ0v) is 14.6. The topological polar surface area (TPSA) is 115 Å². The number of hydrogen-bond acceptors (Lipinski definition) is 4. The summed E-state index contributed by atoms with van der Waals surface area (Å²) in [5.41, 5.74) is 12.4. The van der Waals surface area contributed by atoms with Crippen molar-refractivity contribution >= 4 is 11.7 Å². The number of aliphatic hydroxyl groups excluding tert-OH is 2. The minimum absolute atomic E-state index is 0.383. The van der Waals surface area contributed by atoms with Crippen molar-refractivity contribution < 1.29 is 15.0 Å². The average molecular weight is 364 g/mol. The molecule has 0 fully saturated rings. The number of nitrogens with one attached hydrogen (secondary N) is 1. The number of aromatic nitrogens is 2. The van der Waals surface area contributed by atoms with E-state index in [2.05, 4.69) is 22.3 Å². The van der Waals surface area contributed by atoms with E-state index in [9.17, 15) is 15.0 Å². The SMILES string of the molecule is NC(=O)N(c1ccc(-c2n[nH]c3c2Cc2ccccc2-3)cc1)C(CO)CO. The van der Waals surface area contributed by atoms with Gasteiger partial charge in [0.15, 0.2) is 0 Å². The number of rotatable bonds is 5. The summed E-state index contributed by atoms with van der Waals surface area (Å²) in [6.07, 6.45) is 0.823. The van der Waals surface area contributed by atoms with E-state index in [1.807, 2.05) is 24.3 Å². The first-order chi connectivity index (χ1) is 13.1. The number of carbonyl (C=O) groups excluding carboxylic acids is 1. The summed E-state index contributed by atoms with van der Waals surface area (Å²) in [7, 11) is 0. The molecule has 1 aliphatic rings. The average Bonchev–Trinajstić information content (AvgIpc) is 3.25. The van der Waals surface area contributed by atoms with Gasteiger partial charge >= 0.3 is 6.03 Å². The van der Waals surface area contributed by atoms with Crippen LogP contribution in [-0.2, 0) is 6.42 Å². The predicted octanol–water partition coefficient (Wildman–Crippen LogP) is 1.89. The Balaban J connectivity index is 1.66. The van der Waals surface area contributed by atoms with Gasteiger partial charge in [-0.15, -0.1) is 0 Å². The van der Waals surface area contributed by atoms with Gasteiger partial charge in [-0.3, -0.25) is 10.00 Å². The number of nitrogens with zero attached hydrogens (tertiary/aromatic N) is 2. The van der Waals surface area contributed by atoms with E-state index in [1.165, 1.54) is 16.0 Å². The molecular formula is C20H20N4O3. The Morgan fingerprint density at radius 1 is 1.15 bits per heavy atom. The van der Waals surface area contributed by atoms with Crippen LogP contribution in [0.1, 0.15) is 11.1 Å². The number of H-pyrrole nitrogens is 1. The molecule has 1 aromatic heterocycles. The molecule has 0 saturated carbocycles. The van der Waals surface area contributed by atoms with Crippen molar-refractivity contribution in [2.75, 3.05) is 18.1 Å². The van der Waals surface area contributed by atoms with Gasteiger partial charge in [0.1, 0.15) is 0 Å². The van der Waals surface area contributed by atoms with Crippen molar-refractivity contribution in [3.63, 3.8) is 0 Å². The Hall–Kier alpha value is -3.16. The first kappa shape index (κ1) is 17.3. The quantitative estimate of drug-likeness (QED) is 0.433. The number of anilines is 1. The Morgan fingerprint density at radius 2 is 1.85 bits per heavy atom. The van der Waals surface area contributed by atoms with Crippen LogP contribution in [0.25, 0.3) is 22.5 Å². The lowest BCUT2D eigenvalue weighted by Gasteiger charge is -2.27. The highest BCUT2D eigenvalue weighted by Crippen LogP contribution is 2.40. The summed E-state index contributed by atoms with van der Waals surface area (Å²) >= 11 is 0. The molecule has 5 N–H and O–H groups in total. The van der Waals surface area contributed by atoms with E-state index in [-0.39, 0.29) is 13.2 Å². The normalized spacial score (nSPS) is 12.1. The van der Waals surface area contributed by atoms with Gasteiger partial charge in [-0.2, -0.15) is 5.10 Å². The Kier molecular flexibility index (Phi) is 4.39. The molecular weight excluding hydrogens is 344 g/mol. The third-order valence-electron chi connectivity index (χ3n) is 4.96. The molecule has 7 heteroatoms. The van der Waals surface area contributed by atoms with Crippen LogP contribution in [0.2, 0.25) is 0 Å². The number of benzene rings is 2. The molecule has 1 heterocycles. The summed E-state index contributed by atoms with van der Waals surface area (Å²) in [5.74, 6) is 0. The van der Waals surface area contributed by atoms with E-state index in [1.54, 1.807) is 12.1 Å². The summed E-state index contributed by atoms with van der Waals surface area (Å²) in [6.45, 7) is -0.765. The highest BCUT2D eigenvalue weighted by molar-refractivity contribution is 5.92. The van der Waals surface area contributed by atoms with Crippen LogP contribution in [0.4, 0.5) is 10.5 Å². The molecule has 0 saturated heterocycles. The van der Waals surface area contributed by atoms with Crippen LogP contribution in [0.3, 0.4) is 0 Å². The van der Waals surface area contributed by atoms with Gasteiger partial charge in [0.2, 0.25) is 0 Å². The molecule has 2 aromatic carbocycles. The van der Waals surface area contributed by atoms with Crippen LogP contribution in [-0.4, -0.2) is 45.7 Å². The molecule has 0 aliphatic heterocycles. The van der Waals surface area contributed by atoms with Gasteiger partial charge in [-0.1, -0.05) is 36.4 Å². The van der Waals surface area contributed by atoms with Crippen LogP contribution in [0, 0.1) is 0 Å². The number of hydrogen-bond donors (Lipinski definition) is 4. The van der Waals surface area contributed by atoms with Crippen LogP contribution in [0.5, 0.6) is 0 Å². The number of primary amides is 1. The number of nitrogens with two attached hydrogens (primary N) is 1. The fourth-order valence-corrected chi connectivity index (χ4v) is 3.63. The third kappa shape index (κ3) is 2.87. The monoisotopic (exact) mass is 364 g/mol. The van der Waals surface area contributed by atoms with Crippen molar-refractivity contribution in [3.05, 3.63) is 59.7 Å². The molecule has 0 radical (unpaired) electrons. The summed E-state index contributed by atoms with van der Waals surface area (Å²) in [6, 6.07) is 13.9. The number of urea groups is 1. The minimum Gasteiger partial charge on any atom is -0.394 e. The standard InChI is InChI=1S/C20H20N4O3/c21-20(27)24(15(10-25)11-26)14-7-5-12(6-8-14)18-17-9-13-3-1-2-4-16(13)19(17)23-22-18/h1-8,15,25-26H,9-11H2,(H2,21,27)(H,22,23). The van der Waals surface area contributed by atoms with E-state index in [4.69, 9.17) is 5.73 Å². The highest BCUT2D eigenvalue weighted by Gasteiger charge is 2.25. The zero-order valence-electron chi connectivity index (χ0n) is 14.6. The summed E-state index contributed by atoms with van der Waals surface area (Å²) in [5, 5.41) is 26.4. The molecule has 0 bridgehead atoms. The lowest BCUT2D eigenvalue weighted by Crippen LogP contribution is -2.47. The predicted molar refractivity (Wildman–Crippen MR) is 102 cm³/mol. The van der Waals surface area contributed by atoms with Crippen molar-refractivity contribution in [2.24, 2.45) is 5.73 Å². The van der Waals surface area contributed by atoms with E-state index in [0.717, 1.165) is 28.9 Å². The van der Waals surface area contributed by atoms with Crippen molar-refractivity contribution in [3.8, 4) is 22.5 Å². The first-order valence-electron chi connectivity index (χ1n) is 8.70. The largest absolute Gasteiger partial charge is 0.394 e. The fourth-order valence-electron chi connectivity index (χ4n) is 3.63. The first-order valence-corrected chi connectivity index (χ1v) is 8.70. The molecule has 0 unspecified atom stereocenters. The zero-order chi connectivity index (χ0) is 19.0. The molecule has 138 valence electrons. The second-order valence-electron chi connectivity index (χ2n) is 6.53. The van der Waals surface area contributed by atoms with E-state index in [0.29, 0.717) is 5.69 Å². The lowest BCUT2D eigenvalue weighted by molar-refractivity contribution is 0.185. The van der Waals surface area contributed by atoms with Gasteiger partial charge < -0.3 is 15.9 Å². The van der Waals surface area contributed by atoms with Crippen LogP contribution >= 0.6 is 0 Å². The third-order valence-corrected chi connectivity index (χ3v) is 4.96. The smallest absolute Gasteiger partial charge is 0.319 e. The van der Waals surface area contributed by atoms with Gasteiger partial charge in [-0.25, -0.2) is 4.79 Å². The van der Waals surface area contributed by atoms with Gasteiger partial charge in [0.25, 0.3) is 0 Å². The number of aliphatic hydroxyl groups is 2. The number of fused-ring (bicyclic) bond motifs is 3. The van der Waals surface area contributed by atoms with Crippen molar-refractivity contribution in [1.82, 2.24) is 10.2 Å². The maximum Gasteiger partial charge on any atom is 0.319 e. The van der Waals surface area contributed by atoms with Crippen molar-refractivity contribution in [1.29, 1.82) is 0 Å². The maximum absolute atomic E-state index is 11.8. The van der Waals surface area contributed by atoms with E-state index < -0.39 is 12.1 Å². The molecule has 3 aromatic rings. The Morgan fingerprint density at radius 3 is 2.52 bits per heavy atom.